The Labute approximate surface area is 135 Å². The summed E-state index contributed by atoms with van der Waals surface area (Å²) in [5.41, 5.74) is 2.58. The van der Waals surface area contributed by atoms with E-state index in [-0.39, 0.29) is 22.8 Å². The molecule has 1 aromatic heterocycles. The molecule has 3 nitrogen and oxygen atoms in total. The van der Waals surface area contributed by atoms with Gasteiger partial charge in [-0.2, -0.15) is 0 Å². The Morgan fingerprint density at radius 3 is 2.61 bits per heavy atom. The molecule has 23 heavy (non-hydrogen) atoms. The van der Waals surface area contributed by atoms with E-state index in [1.807, 2.05) is 12.1 Å². The summed E-state index contributed by atoms with van der Waals surface area (Å²) in [7, 11) is 0. The van der Waals surface area contributed by atoms with Crippen molar-refractivity contribution in [3.8, 4) is 0 Å². The molecular formula is C20H18N2O. The van der Waals surface area contributed by atoms with Gasteiger partial charge in [-0.25, -0.2) is 0 Å². The molecule has 1 saturated carbocycles. The maximum absolute atomic E-state index is 12.4. The molecule has 3 aliphatic rings. The van der Waals surface area contributed by atoms with E-state index >= 15 is 0 Å². The predicted octanol–water partition coefficient (Wildman–Crippen LogP) is 3.13. The molecule has 0 amide bonds. The second-order valence-corrected chi connectivity index (χ2v) is 7.17. The van der Waals surface area contributed by atoms with Gasteiger partial charge >= 0.3 is 0 Å². The van der Waals surface area contributed by atoms with Gasteiger partial charge in [-0.3, -0.25) is 9.78 Å². The third-order valence-corrected chi connectivity index (χ3v) is 6.08. The minimum absolute atomic E-state index is 0.0108. The van der Waals surface area contributed by atoms with Crippen LogP contribution in [0.15, 0.2) is 67.0 Å². The van der Waals surface area contributed by atoms with Crippen LogP contribution in [0.4, 0.5) is 5.69 Å². The smallest absolute Gasteiger partial charge is 0.180 e. The van der Waals surface area contributed by atoms with E-state index in [0.29, 0.717) is 5.92 Å². The van der Waals surface area contributed by atoms with Crippen LogP contribution in [0, 0.1) is 5.92 Å². The largest absolute Gasteiger partial charge is 0.350 e. The van der Waals surface area contributed by atoms with Crippen molar-refractivity contribution in [1.29, 1.82) is 0 Å². The van der Waals surface area contributed by atoms with Crippen molar-refractivity contribution in [2.24, 2.45) is 5.92 Å². The van der Waals surface area contributed by atoms with Gasteiger partial charge in [-0.15, -0.1) is 0 Å². The summed E-state index contributed by atoms with van der Waals surface area (Å²) < 4.78 is 0. The van der Waals surface area contributed by atoms with Crippen LogP contribution in [0.3, 0.4) is 0 Å². The fourth-order valence-corrected chi connectivity index (χ4v) is 5.11. The number of nitrogens with zero attached hydrogens (tertiary/aromatic N) is 2. The number of carbonyl (C=O) groups is 1. The normalized spacial score (nSPS) is 36.9. The number of ketones is 1. The van der Waals surface area contributed by atoms with Gasteiger partial charge in [-0.1, -0.05) is 43.3 Å². The van der Waals surface area contributed by atoms with Crippen molar-refractivity contribution < 1.29 is 4.79 Å². The van der Waals surface area contributed by atoms with Crippen molar-refractivity contribution >= 4 is 11.5 Å². The molecule has 2 aromatic rings. The molecule has 1 spiro atoms. The summed E-state index contributed by atoms with van der Waals surface area (Å²) in [5.74, 6) is 0.626. The number of anilines is 1. The maximum atomic E-state index is 12.4. The first-order valence-corrected chi connectivity index (χ1v) is 8.15. The predicted molar refractivity (Wildman–Crippen MR) is 89.3 cm³/mol. The summed E-state index contributed by atoms with van der Waals surface area (Å²) >= 11 is 0. The minimum atomic E-state index is -0.0161. The van der Waals surface area contributed by atoms with Gasteiger partial charge < -0.3 is 4.90 Å². The van der Waals surface area contributed by atoms with Crippen LogP contribution in [-0.2, 0) is 10.2 Å². The van der Waals surface area contributed by atoms with E-state index in [0.717, 1.165) is 12.1 Å². The van der Waals surface area contributed by atoms with Crippen LogP contribution in [0.25, 0.3) is 0 Å². The first kappa shape index (κ1) is 13.1. The third kappa shape index (κ3) is 1.45. The van der Waals surface area contributed by atoms with Gasteiger partial charge in [0.25, 0.3) is 0 Å². The molecule has 0 radical (unpaired) electrons. The second-order valence-electron chi connectivity index (χ2n) is 7.17. The van der Waals surface area contributed by atoms with Crippen LogP contribution in [0.1, 0.15) is 18.9 Å². The van der Waals surface area contributed by atoms with Gasteiger partial charge in [0.1, 0.15) is 6.04 Å². The maximum Gasteiger partial charge on any atom is 0.180 e. The number of hydrogen-bond acceptors (Lipinski definition) is 3. The zero-order valence-electron chi connectivity index (χ0n) is 13.0. The zero-order valence-corrected chi connectivity index (χ0v) is 13.0. The van der Waals surface area contributed by atoms with Gasteiger partial charge in [0.2, 0.25) is 0 Å². The number of hydrogen-bond donors (Lipinski definition) is 0. The lowest BCUT2D eigenvalue weighted by molar-refractivity contribution is -0.115. The Morgan fingerprint density at radius 2 is 1.87 bits per heavy atom. The number of rotatable bonds is 2. The van der Waals surface area contributed by atoms with Crippen LogP contribution in [0.5, 0.6) is 0 Å². The molecule has 4 atom stereocenters. The molecule has 1 aromatic carbocycles. The fourth-order valence-electron chi connectivity index (χ4n) is 5.11. The lowest BCUT2D eigenvalue weighted by atomic mass is 9.48. The average Bonchev–Trinajstić information content (AvgIpc) is 3.27. The van der Waals surface area contributed by atoms with Gasteiger partial charge in [0, 0.05) is 29.4 Å². The summed E-state index contributed by atoms with van der Waals surface area (Å²) in [6.07, 6.45) is 8.58. The fraction of sp³-hybridized carbons (Fsp3) is 0.300. The van der Waals surface area contributed by atoms with E-state index in [1.54, 1.807) is 18.5 Å². The van der Waals surface area contributed by atoms with Gasteiger partial charge in [0.15, 0.2) is 5.78 Å². The average molecular weight is 302 g/mol. The highest BCUT2D eigenvalue weighted by Gasteiger charge is 2.80. The Kier molecular flexibility index (Phi) is 2.33. The molecule has 4 unspecified atom stereocenters. The van der Waals surface area contributed by atoms with Crippen molar-refractivity contribution in [3.05, 3.63) is 72.6 Å². The number of aromatic nitrogens is 1. The molecule has 2 heterocycles. The van der Waals surface area contributed by atoms with Crippen molar-refractivity contribution in [2.75, 3.05) is 4.90 Å². The van der Waals surface area contributed by atoms with Crippen LogP contribution < -0.4 is 4.90 Å². The third-order valence-electron chi connectivity index (χ3n) is 6.08. The van der Waals surface area contributed by atoms with Crippen LogP contribution in [-0.4, -0.2) is 22.3 Å². The topological polar surface area (TPSA) is 33.0 Å². The van der Waals surface area contributed by atoms with E-state index in [1.165, 1.54) is 5.56 Å². The molecule has 3 heteroatoms. The molecule has 0 N–H and O–H groups in total. The Bertz CT molecular complexity index is 816. The molecule has 2 aliphatic carbocycles. The van der Waals surface area contributed by atoms with Crippen molar-refractivity contribution in [3.63, 3.8) is 0 Å². The first-order chi connectivity index (χ1) is 11.2. The minimum Gasteiger partial charge on any atom is -0.350 e. The SMILES string of the molecule is CC1(c2ccccc2)CC23C(C(=O)C=CC12)N3c1ccncc1. The number of carbonyl (C=O) groups excluding carboxylic acids is 1. The monoisotopic (exact) mass is 302 g/mol. The summed E-state index contributed by atoms with van der Waals surface area (Å²) in [6, 6.07) is 14.7. The van der Waals surface area contributed by atoms with E-state index < -0.39 is 0 Å². The summed E-state index contributed by atoms with van der Waals surface area (Å²) in [6.45, 7) is 2.33. The van der Waals surface area contributed by atoms with Gasteiger partial charge in [0.05, 0.1) is 5.54 Å². The van der Waals surface area contributed by atoms with Gasteiger partial charge in [-0.05, 0) is 30.2 Å². The quantitative estimate of drug-likeness (QED) is 0.799. The first-order valence-electron chi connectivity index (χ1n) is 8.15. The standard InChI is InChI=1S/C20H18N2O/c1-19(14-5-3-2-4-6-14)13-20-17(19)8-7-16(23)18(20)22(20)15-9-11-21-12-10-15/h2-12,17-18H,13H2,1H3. The Morgan fingerprint density at radius 1 is 1.13 bits per heavy atom. The lowest BCUT2D eigenvalue weighted by Gasteiger charge is -2.54. The highest BCUT2D eigenvalue weighted by molar-refractivity contribution is 6.05. The number of pyridine rings is 1. The van der Waals surface area contributed by atoms with Crippen LogP contribution in [0.2, 0.25) is 0 Å². The summed E-state index contributed by atoms with van der Waals surface area (Å²) in [4.78, 5) is 18.8. The second kappa shape index (κ2) is 4.10. The van der Waals surface area contributed by atoms with E-state index in [9.17, 15) is 4.79 Å². The summed E-state index contributed by atoms with van der Waals surface area (Å²) in [5, 5.41) is 0. The van der Waals surface area contributed by atoms with Crippen molar-refractivity contribution in [2.45, 2.75) is 30.3 Å². The Balaban J connectivity index is 1.57. The number of benzene rings is 1. The highest BCUT2D eigenvalue weighted by Crippen LogP contribution is 2.70. The van der Waals surface area contributed by atoms with E-state index in [2.05, 4.69) is 53.2 Å². The van der Waals surface area contributed by atoms with Crippen LogP contribution >= 0.6 is 0 Å². The van der Waals surface area contributed by atoms with E-state index in [4.69, 9.17) is 0 Å². The molecule has 114 valence electrons. The molecule has 1 aliphatic heterocycles. The Hall–Kier alpha value is -2.42. The lowest BCUT2D eigenvalue weighted by Crippen LogP contribution is -2.59. The molecule has 1 saturated heterocycles. The molecule has 0 bridgehead atoms. The molecule has 5 rings (SSSR count). The highest BCUT2D eigenvalue weighted by atomic mass is 16.1. The zero-order chi connectivity index (χ0) is 15.7. The van der Waals surface area contributed by atoms with Crippen molar-refractivity contribution in [1.82, 2.24) is 4.98 Å². The molecular weight excluding hydrogens is 284 g/mol. The molecule has 2 fully saturated rings.